The van der Waals surface area contributed by atoms with Crippen LogP contribution in [0.2, 0.25) is 0 Å². The zero-order chi connectivity index (χ0) is 23.3. The summed E-state index contributed by atoms with van der Waals surface area (Å²) in [6.07, 6.45) is 0. The van der Waals surface area contributed by atoms with Crippen LogP contribution in [0.5, 0.6) is 11.5 Å². The van der Waals surface area contributed by atoms with E-state index < -0.39 is 30.5 Å². The number of imide groups is 1. The summed E-state index contributed by atoms with van der Waals surface area (Å²) in [5, 5.41) is 4.55. The van der Waals surface area contributed by atoms with Gasteiger partial charge < -0.3 is 29.2 Å². The molecule has 0 saturated carbocycles. The van der Waals surface area contributed by atoms with E-state index in [-0.39, 0.29) is 17.9 Å². The molecule has 0 atom stereocenters. The van der Waals surface area contributed by atoms with Gasteiger partial charge in [-0.25, -0.2) is 14.4 Å². The van der Waals surface area contributed by atoms with E-state index in [1.807, 2.05) is 0 Å². The van der Waals surface area contributed by atoms with Crippen LogP contribution < -0.4 is 20.1 Å². The number of carbonyl (C=O) groups is 4. The minimum absolute atomic E-state index is 0.126. The van der Waals surface area contributed by atoms with Gasteiger partial charge in [-0.1, -0.05) is 0 Å². The molecule has 11 heteroatoms. The van der Waals surface area contributed by atoms with Gasteiger partial charge in [0.15, 0.2) is 18.1 Å². The largest absolute Gasteiger partial charge is 0.486 e. The molecule has 1 aliphatic rings. The van der Waals surface area contributed by atoms with Crippen molar-refractivity contribution in [3.63, 3.8) is 0 Å². The molecular formula is C21H23N3O8. The molecule has 3 amide bonds. The van der Waals surface area contributed by atoms with Crippen LogP contribution in [-0.2, 0) is 14.3 Å². The Morgan fingerprint density at radius 3 is 2.47 bits per heavy atom. The number of benzene rings is 1. The lowest BCUT2D eigenvalue weighted by Gasteiger charge is -2.19. The molecule has 170 valence electrons. The number of aryl methyl sites for hydroxylation is 1. The van der Waals surface area contributed by atoms with Crippen LogP contribution in [-0.4, -0.2) is 55.3 Å². The number of hydrogen-bond donors (Lipinski definition) is 3. The maximum absolute atomic E-state index is 12.4. The number of rotatable bonds is 6. The maximum atomic E-state index is 12.4. The van der Waals surface area contributed by atoms with Crippen LogP contribution in [0.4, 0.5) is 10.5 Å². The van der Waals surface area contributed by atoms with Crippen molar-refractivity contribution in [3.05, 3.63) is 40.7 Å². The quantitative estimate of drug-likeness (QED) is 0.573. The van der Waals surface area contributed by atoms with Gasteiger partial charge >= 0.3 is 18.0 Å². The van der Waals surface area contributed by atoms with E-state index in [0.717, 1.165) is 0 Å². The standard InChI is InChI=1S/C21H23N3O8/c1-4-29-20(27)18-11(2)17(12(3)22-18)19(26)32-10-16(25)24-21(28)23-13-5-6-14-15(9-13)31-8-7-30-14/h5-6,9,22H,4,7-8,10H2,1-3H3,(H2,23,24,25,28). The molecule has 0 radical (unpaired) electrons. The van der Waals surface area contributed by atoms with Crippen LogP contribution >= 0.6 is 0 Å². The van der Waals surface area contributed by atoms with Crippen LogP contribution in [0.3, 0.4) is 0 Å². The Bertz CT molecular complexity index is 1060. The second kappa shape index (κ2) is 9.86. The van der Waals surface area contributed by atoms with Gasteiger partial charge in [-0.3, -0.25) is 10.1 Å². The average molecular weight is 445 g/mol. The minimum Gasteiger partial charge on any atom is -0.486 e. The van der Waals surface area contributed by atoms with E-state index in [0.29, 0.717) is 41.7 Å². The third-order valence-electron chi connectivity index (χ3n) is 4.51. The summed E-state index contributed by atoms with van der Waals surface area (Å²) >= 11 is 0. The molecule has 32 heavy (non-hydrogen) atoms. The maximum Gasteiger partial charge on any atom is 0.355 e. The van der Waals surface area contributed by atoms with Crippen LogP contribution in [0.15, 0.2) is 18.2 Å². The lowest BCUT2D eigenvalue weighted by atomic mass is 10.1. The number of carbonyl (C=O) groups excluding carboxylic acids is 4. The van der Waals surface area contributed by atoms with E-state index in [1.165, 1.54) is 0 Å². The van der Waals surface area contributed by atoms with Crippen molar-refractivity contribution in [1.82, 2.24) is 10.3 Å². The Hall–Kier alpha value is -4.02. The minimum atomic E-state index is -0.829. The number of fused-ring (bicyclic) bond motifs is 1. The molecule has 3 N–H and O–H groups in total. The molecule has 0 aliphatic carbocycles. The first-order valence-corrected chi connectivity index (χ1v) is 9.84. The van der Waals surface area contributed by atoms with Gasteiger partial charge in [0.1, 0.15) is 18.9 Å². The highest BCUT2D eigenvalue weighted by molar-refractivity contribution is 6.03. The smallest absolute Gasteiger partial charge is 0.355 e. The first kappa shape index (κ1) is 22.7. The second-order valence-electron chi connectivity index (χ2n) is 6.78. The number of ether oxygens (including phenoxy) is 4. The highest BCUT2D eigenvalue weighted by Gasteiger charge is 2.24. The van der Waals surface area contributed by atoms with Gasteiger partial charge in [-0.2, -0.15) is 0 Å². The van der Waals surface area contributed by atoms with Crippen molar-refractivity contribution in [2.75, 3.05) is 31.7 Å². The Balaban J connectivity index is 1.53. The van der Waals surface area contributed by atoms with Crippen molar-refractivity contribution in [3.8, 4) is 11.5 Å². The molecule has 0 unspecified atom stereocenters. The summed E-state index contributed by atoms with van der Waals surface area (Å²) in [6.45, 7) is 5.16. The Morgan fingerprint density at radius 2 is 1.75 bits per heavy atom. The van der Waals surface area contributed by atoms with E-state index in [2.05, 4.69) is 15.6 Å². The van der Waals surface area contributed by atoms with Crippen LogP contribution in [0.25, 0.3) is 0 Å². The summed E-state index contributed by atoms with van der Waals surface area (Å²) in [5.74, 6) is -1.19. The average Bonchev–Trinajstić information content (AvgIpc) is 3.06. The van der Waals surface area contributed by atoms with Crippen molar-refractivity contribution < 1.29 is 38.1 Å². The molecule has 0 spiro atoms. The molecule has 3 rings (SSSR count). The van der Waals surface area contributed by atoms with Crippen molar-refractivity contribution in [2.45, 2.75) is 20.8 Å². The summed E-state index contributed by atoms with van der Waals surface area (Å²) in [4.78, 5) is 51.2. The first-order valence-electron chi connectivity index (χ1n) is 9.84. The Labute approximate surface area is 183 Å². The van der Waals surface area contributed by atoms with Crippen LogP contribution in [0.1, 0.15) is 39.0 Å². The van der Waals surface area contributed by atoms with Gasteiger partial charge in [0, 0.05) is 17.4 Å². The SMILES string of the molecule is CCOC(=O)c1[nH]c(C)c(C(=O)OCC(=O)NC(=O)Nc2ccc3c(c2)OCCO3)c1C. The molecule has 1 aromatic carbocycles. The monoisotopic (exact) mass is 445 g/mol. The van der Waals surface area contributed by atoms with Crippen LogP contribution in [0, 0.1) is 13.8 Å². The molecule has 1 aromatic heterocycles. The molecule has 11 nitrogen and oxygen atoms in total. The number of H-pyrrole nitrogens is 1. The Morgan fingerprint density at radius 1 is 1.03 bits per heavy atom. The normalized spacial score (nSPS) is 12.0. The molecule has 0 bridgehead atoms. The topological polar surface area (TPSA) is 145 Å². The van der Waals surface area contributed by atoms with Gasteiger partial charge in [0.25, 0.3) is 5.91 Å². The highest BCUT2D eigenvalue weighted by atomic mass is 16.6. The summed E-state index contributed by atoms with van der Waals surface area (Å²) < 4.78 is 20.8. The van der Waals surface area contributed by atoms with Crippen molar-refractivity contribution in [1.29, 1.82) is 0 Å². The molecule has 2 aromatic rings. The van der Waals surface area contributed by atoms with Gasteiger partial charge in [0.05, 0.1) is 12.2 Å². The molecular weight excluding hydrogens is 422 g/mol. The molecule has 0 fully saturated rings. The zero-order valence-corrected chi connectivity index (χ0v) is 17.8. The predicted octanol–water partition coefficient (Wildman–Crippen LogP) is 2.08. The summed E-state index contributed by atoms with van der Waals surface area (Å²) in [5.41, 5.74) is 1.40. The fourth-order valence-corrected chi connectivity index (χ4v) is 3.11. The number of aromatic nitrogens is 1. The predicted molar refractivity (Wildman–Crippen MR) is 111 cm³/mol. The first-order chi connectivity index (χ1) is 15.3. The Kier molecular flexibility index (Phi) is 6.98. The number of esters is 2. The second-order valence-corrected chi connectivity index (χ2v) is 6.78. The lowest BCUT2D eigenvalue weighted by molar-refractivity contribution is -0.123. The third-order valence-corrected chi connectivity index (χ3v) is 4.51. The summed E-state index contributed by atoms with van der Waals surface area (Å²) in [7, 11) is 0. The number of urea groups is 1. The van der Waals surface area contributed by atoms with E-state index >= 15 is 0 Å². The van der Waals surface area contributed by atoms with Gasteiger partial charge in [-0.15, -0.1) is 0 Å². The van der Waals surface area contributed by atoms with Gasteiger partial charge in [0.2, 0.25) is 0 Å². The molecule has 0 saturated heterocycles. The fraction of sp³-hybridized carbons (Fsp3) is 0.333. The van der Waals surface area contributed by atoms with E-state index in [1.54, 1.807) is 39.0 Å². The fourth-order valence-electron chi connectivity index (χ4n) is 3.11. The van der Waals surface area contributed by atoms with E-state index in [4.69, 9.17) is 18.9 Å². The number of nitrogens with one attached hydrogen (secondary N) is 3. The van der Waals surface area contributed by atoms with Crippen molar-refractivity contribution in [2.24, 2.45) is 0 Å². The molecule has 1 aliphatic heterocycles. The zero-order valence-electron chi connectivity index (χ0n) is 17.8. The number of anilines is 1. The highest BCUT2D eigenvalue weighted by Crippen LogP contribution is 2.32. The van der Waals surface area contributed by atoms with Gasteiger partial charge in [-0.05, 0) is 38.5 Å². The lowest BCUT2D eigenvalue weighted by Crippen LogP contribution is -2.37. The van der Waals surface area contributed by atoms with E-state index in [9.17, 15) is 19.2 Å². The summed E-state index contributed by atoms with van der Waals surface area (Å²) in [6, 6.07) is 3.99. The van der Waals surface area contributed by atoms with Crippen molar-refractivity contribution >= 4 is 29.6 Å². The third kappa shape index (κ3) is 5.17. The number of aromatic amines is 1. The molecule has 2 heterocycles. The number of amides is 3. The number of hydrogen-bond acceptors (Lipinski definition) is 8.